The predicted octanol–water partition coefficient (Wildman–Crippen LogP) is 4.30. The second-order valence-corrected chi connectivity index (χ2v) is 5.55. The Morgan fingerprint density at radius 3 is 2.53 bits per heavy atom. The first-order valence-electron chi connectivity index (χ1n) is 6.17. The summed E-state index contributed by atoms with van der Waals surface area (Å²) in [6.07, 6.45) is 2.18. The summed E-state index contributed by atoms with van der Waals surface area (Å²) in [6, 6.07) is 3.98. The molecule has 0 atom stereocenters. The van der Waals surface area contributed by atoms with E-state index in [2.05, 4.69) is 38.7 Å². The minimum atomic E-state index is 0.0188. The molecule has 17 heavy (non-hydrogen) atoms. The largest absolute Gasteiger partial charge is 0.478 e. The molecule has 0 aliphatic heterocycles. The minimum absolute atomic E-state index is 0.0188. The second-order valence-electron chi connectivity index (χ2n) is 5.28. The molecule has 0 aliphatic carbocycles. The summed E-state index contributed by atoms with van der Waals surface area (Å²) in [5.74, 6) is 1.19. The number of halogens is 1. The smallest absolute Gasteiger partial charge is 0.213 e. The van der Waals surface area contributed by atoms with Gasteiger partial charge in [-0.15, -0.1) is 11.6 Å². The molecule has 0 saturated heterocycles. The van der Waals surface area contributed by atoms with Crippen molar-refractivity contribution in [3.8, 4) is 5.88 Å². The summed E-state index contributed by atoms with van der Waals surface area (Å²) in [5, 5.41) is 0. The number of nitrogens with zero attached hydrogens (tertiary/aromatic N) is 1. The van der Waals surface area contributed by atoms with E-state index in [1.54, 1.807) is 0 Å². The van der Waals surface area contributed by atoms with Gasteiger partial charge < -0.3 is 4.74 Å². The Bertz CT molecular complexity index is 358. The van der Waals surface area contributed by atoms with Crippen molar-refractivity contribution in [3.63, 3.8) is 0 Å². The number of unbranched alkanes of at least 4 members (excludes halogenated alkanes) is 1. The number of hydrogen-bond acceptors (Lipinski definition) is 2. The standard InChI is InChI=1S/C14H22ClNO/c1-5-6-7-17-13-9-11(10-15)8-12(16-13)14(2,3)4/h8-9H,5-7,10H2,1-4H3. The molecule has 0 bridgehead atoms. The zero-order valence-corrected chi connectivity index (χ0v) is 12.0. The van der Waals surface area contributed by atoms with Gasteiger partial charge in [-0.3, -0.25) is 0 Å². The molecule has 1 aromatic rings. The maximum Gasteiger partial charge on any atom is 0.213 e. The summed E-state index contributed by atoms with van der Waals surface area (Å²) in [4.78, 5) is 4.54. The summed E-state index contributed by atoms with van der Waals surface area (Å²) >= 11 is 5.90. The fourth-order valence-electron chi connectivity index (χ4n) is 1.42. The Kier molecular flexibility index (Phi) is 5.26. The highest BCUT2D eigenvalue weighted by Crippen LogP contribution is 2.25. The molecule has 0 spiro atoms. The highest BCUT2D eigenvalue weighted by Gasteiger charge is 2.17. The molecule has 0 aromatic carbocycles. The van der Waals surface area contributed by atoms with Crippen LogP contribution in [-0.2, 0) is 11.3 Å². The normalized spacial score (nSPS) is 11.6. The van der Waals surface area contributed by atoms with E-state index < -0.39 is 0 Å². The Morgan fingerprint density at radius 2 is 2.00 bits per heavy atom. The molecule has 1 aromatic heterocycles. The number of rotatable bonds is 5. The highest BCUT2D eigenvalue weighted by atomic mass is 35.5. The van der Waals surface area contributed by atoms with Crippen LogP contribution in [0.3, 0.4) is 0 Å². The highest BCUT2D eigenvalue weighted by molar-refractivity contribution is 6.17. The molecule has 0 aliphatic rings. The molecule has 0 saturated carbocycles. The monoisotopic (exact) mass is 255 g/mol. The number of pyridine rings is 1. The van der Waals surface area contributed by atoms with E-state index in [1.807, 2.05) is 6.07 Å². The van der Waals surface area contributed by atoms with Crippen molar-refractivity contribution in [2.24, 2.45) is 0 Å². The summed E-state index contributed by atoms with van der Waals surface area (Å²) < 4.78 is 5.65. The fraction of sp³-hybridized carbons (Fsp3) is 0.643. The van der Waals surface area contributed by atoms with Gasteiger partial charge in [0.15, 0.2) is 0 Å². The van der Waals surface area contributed by atoms with Crippen LogP contribution in [0.2, 0.25) is 0 Å². The van der Waals surface area contributed by atoms with Crippen LogP contribution in [0.1, 0.15) is 51.8 Å². The van der Waals surface area contributed by atoms with Crippen molar-refractivity contribution in [1.29, 1.82) is 0 Å². The van der Waals surface area contributed by atoms with Crippen molar-refractivity contribution in [2.45, 2.75) is 51.8 Å². The zero-order chi connectivity index (χ0) is 12.9. The molecule has 0 N–H and O–H groups in total. The molecule has 0 unspecified atom stereocenters. The van der Waals surface area contributed by atoms with E-state index in [4.69, 9.17) is 16.3 Å². The quantitative estimate of drug-likeness (QED) is 0.578. The van der Waals surface area contributed by atoms with E-state index in [-0.39, 0.29) is 5.41 Å². The summed E-state index contributed by atoms with van der Waals surface area (Å²) in [6.45, 7) is 9.29. The molecule has 2 nitrogen and oxygen atoms in total. The first-order chi connectivity index (χ1) is 7.97. The Balaban J connectivity index is 2.89. The van der Waals surface area contributed by atoms with Gasteiger partial charge in [0.2, 0.25) is 5.88 Å². The van der Waals surface area contributed by atoms with Crippen LogP contribution in [0.25, 0.3) is 0 Å². The lowest BCUT2D eigenvalue weighted by Crippen LogP contribution is -2.15. The lowest BCUT2D eigenvalue weighted by Gasteiger charge is -2.19. The van der Waals surface area contributed by atoms with Gasteiger partial charge in [0, 0.05) is 17.4 Å². The van der Waals surface area contributed by atoms with E-state index in [9.17, 15) is 0 Å². The molecule has 0 amide bonds. The third-order valence-electron chi connectivity index (χ3n) is 2.53. The van der Waals surface area contributed by atoms with Crippen LogP contribution < -0.4 is 4.74 Å². The van der Waals surface area contributed by atoms with Gasteiger partial charge in [-0.1, -0.05) is 34.1 Å². The average molecular weight is 256 g/mol. The van der Waals surface area contributed by atoms with E-state index in [0.717, 1.165) is 30.7 Å². The fourth-order valence-corrected chi connectivity index (χ4v) is 1.57. The molecule has 0 fully saturated rings. The number of alkyl halides is 1. The Morgan fingerprint density at radius 1 is 1.29 bits per heavy atom. The molecule has 96 valence electrons. The summed E-state index contributed by atoms with van der Waals surface area (Å²) in [5.41, 5.74) is 2.12. The molecular formula is C14H22ClNO. The third-order valence-corrected chi connectivity index (χ3v) is 2.84. The first kappa shape index (κ1) is 14.3. The molecular weight excluding hydrogens is 234 g/mol. The van der Waals surface area contributed by atoms with Gasteiger partial charge in [0.05, 0.1) is 12.3 Å². The van der Waals surface area contributed by atoms with Gasteiger partial charge in [-0.2, -0.15) is 0 Å². The minimum Gasteiger partial charge on any atom is -0.478 e. The van der Waals surface area contributed by atoms with Crippen molar-refractivity contribution < 1.29 is 4.74 Å². The van der Waals surface area contributed by atoms with Crippen LogP contribution in [0.15, 0.2) is 12.1 Å². The van der Waals surface area contributed by atoms with E-state index in [0.29, 0.717) is 11.8 Å². The van der Waals surface area contributed by atoms with Gasteiger partial charge in [0.25, 0.3) is 0 Å². The number of aromatic nitrogens is 1. The lowest BCUT2D eigenvalue weighted by atomic mass is 9.91. The summed E-state index contributed by atoms with van der Waals surface area (Å²) in [7, 11) is 0. The van der Waals surface area contributed by atoms with Crippen molar-refractivity contribution >= 4 is 11.6 Å². The van der Waals surface area contributed by atoms with Crippen molar-refractivity contribution in [3.05, 3.63) is 23.4 Å². The first-order valence-corrected chi connectivity index (χ1v) is 6.71. The maximum atomic E-state index is 5.90. The van der Waals surface area contributed by atoms with Crippen molar-refractivity contribution in [1.82, 2.24) is 4.98 Å². The van der Waals surface area contributed by atoms with Crippen LogP contribution >= 0.6 is 11.6 Å². The Hall–Kier alpha value is -0.760. The molecule has 1 heterocycles. The van der Waals surface area contributed by atoms with Crippen molar-refractivity contribution in [2.75, 3.05) is 6.61 Å². The maximum absolute atomic E-state index is 5.90. The molecule has 1 rings (SSSR count). The van der Waals surface area contributed by atoms with Gasteiger partial charge >= 0.3 is 0 Å². The van der Waals surface area contributed by atoms with Crippen LogP contribution in [0, 0.1) is 0 Å². The second kappa shape index (κ2) is 6.25. The average Bonchev–Trinajstić information content (AvgIpc) is 2.28. The topological polar surface area (TPSA) is 22.1 Å². The third kappa shape index (κ3) is 4.55. The van der Waals surface area contributed by atoms with Gasteiger partial charge in [0.1, 0.15) is 0 Å². The van der Waals surface area contributed by atoms with Crippen LogP contribution in [0.5, 0.6) is 5.88 Å². The zero-order valence-electron chi connectivity index (χ0n) is 11.2. The Labute approximate surface area is 109 Å². The van der Waals surface area contributed by atoms with Gasteiger partial charge in [-0.05, 0) is 18.1 Å². The lowest BCUT2D eigenvalue weighted by molar-refractivity contribution is 0.295. The van der Waals surface area contributed by atoms with Crippen LogP contribution in [-0.4, -0.2) is 11.6 Å². The van der Waals surface area contributed by atoms with E-state index in [1.165, 1.54) is 0 Å². The predicted molar refractivity (Wildman–Crippen MR) is 72.9 cm³/mol. The van der Waals surface area contributed by atoms with E-state index >= 15 is 0 Å². The molecule has 3 heteroatoms. The SMILES string of the molecule is CCCCOc1cc(CCl)cc(C(C)(C)C)n1. The van der Waals surface area contributed by atoms with Gasteiger partial charge in [-0.25, -0.2) is 4.98 Å². The van der Waals surface area contributed by atoms with Crippen LogP contribution in [0.4, 0.5) is 0 Å². The number of hydrogen-bond donors (Lipinski definition) is 0. The number of ether oxygens (including phenoxy) is 1. The molecule has 0 radical (unpaired) electrons.